The Labute approximate surface area is 196 Å². The lowest BCUT2D eigenvalue weighted by molar-refractivity contribution is 0.0377. The number of anilines is 1. The fourth-order valence-corrected chi connectivity index (χ4v) is 3.80. The summed E-state index contributed by atoms with van der Waals surface area (Å²) < 4.78 is 5.36. The minimum atomic E-state index is 0. The van der Waals surface area contributed by atoms with Crippen molar-refractivity contribution in [3.05, 3.63) is 29.3 Å². The van der Waals surface area contributed by atoms with E-state index in [1.54, 1.807) is 0 Å². The predicted octanol–water partition coefficient (Wildman–Crippen LogP) is 1.71. The summed E-state index contributed by atoms with van der Waals surface area (Å²) >= 11 is 6.10. The number of rotatable bonds is 8. The van der Waals surface area contributed by atoms with Gasteiger partial charge < -0.3 is 20.7 Å². The number of benzene rings is 1. The minimum Gasteiger partial charge on any atom is -0.379 e. The summed E-state index contributed by atoms with van der Waals surface area (Å²) in [5.41, 5.74) is 7.19. The fourth-order valence-electron chi connectivity index (χ4n) is 3.62. The van der Waals surface area contributed by atoms with Gasteiger partial charge in [-0.1, -0.05) is 17.7 Å². The van der Waals surface area contributed by atoms with Gasteiger partial charge in [-0.05, 0) is 24.6 Å². The number of nitrogens with two attached hydrogens (primary N) is 1. The lowest BCUT2D eigenvalue weighted by Crippen LogP contribution is -2.49. The maximum absolute atomic E-state index is 6.10. The van der Waals surface area contributed by atoms with Crippen molar-refractivity contribution in [1.82, 2.24) is 15.1 Å². The van der Waals surface area contributed by atoms with Crippen molar-refractivity contribution < 1.29 is 4.74 Å². The molecule has 2 saturated heterocycles. The van der Waals surface area contributed by atoms with Crippen LogP contribution >= 0.6 is 35.6 Å². The predicted molar refractivity (Wildman–Crippen MR) is 132 cm³/mol. The molecule has 0 atom stereocenters. The molecular weight excluding hydrogens is 503 g/mol. The van der Waals surface area contributed by atoms with E-state index in [4.69, 9.17) is 22.1 Å². The number of ether oxygens (including phenoxy) is 1. The Morgan fingerprint density at radius 1 is 1.07 bits per heavy atom. The normalized spacial score (nSPS) is 19.1. The lowest BCUT2D eigenvalue weighted by atomic mass is 10.2. The van der Waals surface area contributed by atoms with Gasteiger partial charge in [-0.3, -0.25) is 14.8 Å². The van der Waals surface area contributed by atoms with Gasteiger partial charge in [0, 0.05) is 76.2 Å². The van der Waals surface area contributed by atoms with Gasteiger partial charge in [0.2, 0.25) is 0 Å². The van der Waals surface area contributed by atoms with E-state index in [2.05, 4.69) is 31.1 Å². The smallest absolute Gasteiger partial charge is 0.188 e. The molecule has 3 N–H and O–H groups in total. The number of guanidine groups is 1. The van der Waals surface area contributed by atoms with Gasteiger partial charge in [0.15, 0.2) is 5.96 Å². The van der Waals surface area contributed by atoms with Crippen LogP contribution in [0.1, 0.15) is 6.42 Å². The zero-order chi connectivity index (χ0) is 19.6. The molecule has 2 aliphatic rings. The summed E-state index contributed by atoms with van der Waals surface area (Å²) in [5, 5.41) is 4.04. The highest BCUT2D eigenvalue weighted by Gasteiger charge is 2.17. The summed E-state index contributed by atoms with van der Waals surface area (Å²) in [6.07, 6.45) is 1.04. The summed E-state index contributed by atoms with van der Waals surface area (Å²) in [5.74, 6) is 0.555. The molecule has 2 fully saturated rings. The molecule has 0 saturated carbocycles. The molecule has 2 heterocycles. The van der Waals surface area contributed by atoms with E-state index < -0.39 is 0 Å². The van der Waals surface area contributed by atoms with E-state index in [-0.39, 0.29) is 24.0 Å². The van der Waals surface area contributed by atoms with Crippen molar-refractivity contribution in [2.24, 2.45) is 10.7 Å². The quantitative estimate of drug-likeness (QED) is 0.228. The van der Waals surface area contributed by atoms with E-state index in [1.165, 1.54) is 5.69 Å². The molecule has 0 aromatic heterocycles. The first-order valence-electron chi connectivity index (χ1n) is 10.3. The van der Waals surface area contributed by atoms with Gasteiger partial charge in [-0.2, -0.15) is 0 Å². The number of morpholine rings is 1. The third-order valence-electron chi connectivity index (χ3n) is 5.30. The van der Waals surface area contributed by atoms with Gasteiger partial charge in [0.25, 0.3) is 0 Å². The van der Waals surface area contributed by atoms with E-state index in [1.807, 2.05) is 18.2 Å². The van der Waals surface area contributed by atoms with Crippen LogP contribution in [-0.2, 0) is 4.74 Å². The molecule has 2 aliphatic heterocycles. The van der Waals surface area contributed by atoms with Crippen LogP contribution in [0.2, 0.25) is 5.02 Å². The summed E-state index contributed by atoms with van der Waals surface area (Å²) in [7, 11) is 0. The van der Waals surface area contributed by atoms with Crippen LogP contribution in [0.25, 0.3) is 0 Å². The standard InChI is InChI=1S/C20H33ClN6O.HI/c21-18-3-1-4-19(17-18)27-11-9-26(10-12-27)8-6-24-20(22)23-5-2-7-25-13-15-28-16-14-25;/h1,3-4,17H,2,5-16H2,(H3,22,23,24);1H. The molecule has 1 aromatic carbocycles. The number of halogens is 2. The largest absolute Gasteiger partial charge is 0.379 e. The van der Waals surface area contributed by atoms with Gasteiger partial charge in [-0.25, -0.2) is 0 Å². The molecule has 0 radical (unpaired) electrons. The van der Waals surface area contributed by atoms with Gasteiger partial charge >= 0.3 is 0 Å². The van der Waals surface area contributed by atoms with E-state index in [9.17, 15) is 0 Å². The first-order valence-corrected chi connectivity index (χ1v) is 10.7. The summed E-state index contributed by atoms with van der Waals surface area (Å²) in [4.78, 5) is 11.7. The second-order valence-electron chi connectivity index (χ2n) is 7.31. The topological polar surface area (TPSA) is 69.4 Å². The molecule has 3 rings (SSSR count). The highest BCUT2D eigenvalue weighted by Crippen LogP contribution is 2.20. The maximum Gasteiger partial charge on any atom is 0.188 e. The van der Waals surface area contributed by atoms with Crippen molar-refractivity contribution >= 4 is 47.2 Å². The van der Waals surface area contributed by atoms with Crippen LogP contribution in [-0.4, -0.2) is 94.4 Å². The van der Waals surface area contributed by atoms with Crippen LogP contribution in [0.4, 0.5) is 5.69 Å². The van der Waals surface area contributed by atoms with E-state index in [0.29, 0.717) is 5.96 Å². The molecule has 1 aromatic rings. The minimum absolute atomic E-state index is 0. The number of hydrogen-bond donors (Lipinski definition) is 2. The second-order valence-corrected chi connectivity index (χ2v) is 7.75. The van der Waals surface area contributed by atoms with Crippen molar-refractivity contribution in [3.8, 4) is 0 Å². The number of nitrogens with zero attached hydrogens (tertiary/aromatic N) is 4. The number of piperazine rings is 1. The lowest BCUT2D eigenvalue weighted by Gasteiger charge is -2.36. The molecule has 29 heavy (non-hydrogen) atoms. The number of hydrogen-bond acceptors (Lipinski definition) is 5. The Kier molecular flexibility index (Phi) is 11.4. The highest BCUT2D eigenvalue weighted by molar-refractivity contribution is 14.0. The average Bonchev–Trinajstić information content (AvgIpc) is 2.72. The average molecular weight is 537 g/mol. The van der Waals surface area contributed by atoms with Crippen molar-refractivity contribution in [1.29, 1.82) is 0 Å². The van der Waals surface area contributed by atoms with Crippen molar-refractivity contribution in [2.75, 3.05) is 83.6 Å². The number of aliphatic imine (C=N–C) groups is 1. The van der Waals surface area contributed by atoms with Crippen LogP contribution in [0.5, 0.6) is 0 Å². The Morgan fingerprint density at radius 2 is 1.79 bits per heavy atom. The summed E-state index contributed by atoms with van der Waals surface area (Å²) in [6, 6.07) is 8.09. The first-order chi connectivity index (χ1) is 13.7. The Balaban J connectivity index is 0.00000300. The highest BCUT2D eigenvalue weighted by atomic mass is 127. The molecule has 9 heteroatoms. The van der Waals surface area contributed by atoms with Gasteiger partial charge in [-0.15, -0.1) is 24.0 Å². The van der Waals surface area contributed by atoms with Gasteiger partial charge in [0.1, 0.15) is 0 Å². The third-order valence-corrected chi connectivity index (χ3v) is 5.53. The molecule has 164 valence electrons. The first kappa shape index (κ1) is 24.5. The summed E-state index contributed by atoms with van der Waals surface area (Å²) in [6.45, 7) is 11.5. The third kappa shape index (κ3) is 8.84. The zero-order valence-electron chi connectivity index (χ0n) is 17.1. The molecule has 0 aliphatic carbocycles. The monoisotopic (exact) mass is 536 g/mol. The Morgan fingerprint density at radius 3 is 2.52 bits per heavy atom. The fraction of sp³-hybridized carbons (Fsp3) is 0.650. The van der Waals surface area contributed by atoms with Crippen LogP contribution in [0.15, 0.2) is 29.3 Å². The molecule has 0 amide bonds. The zero-order valence-corrected chi connectivity index (χ0v) is 20.1. The Hall–Kier alpha value is -0.810. The molecule has 0 spiro atoms. The van der Waals surface area contributed by atoms with E-state index in [0.717, 1.165) is 90.1 Å². The Bertz CT molecular complexity index is 621. The molecule has 7 nitrogen and oxygen atoms in total. The molecule has 0 unspecified atom stereocenters. The SMILES string of the molecule is I.NC(=NCCCN1CCOCC1)NCCN1CCN(c2cccc(Cl)c2)CC1. The van der Waals surface area contributed by atoms with Gasteiger partial charge in [0.05, 0.1) is 13.2 Å². The maximum atomic E-state index is 6.10. The molecular formula is C20H34ClIN6O. The van der Waals surface area contributed by atoms with E-state index >= 15 is 0 Å². The number of nitrogens with one attached hydrogen (secondary N) is 1. The van der Waals surface area contributed by atoms with Crippen LogP contribution < -0.4 is 16.0 Å². The molecule has 0 bridgehead atoms. The van der Waals surface area contributed by atoms with Crippen LogP contribution in [0.3, 0.4) is 0 Å². The van der Waals surface area contributed by atoms with Crippen molar-refractivity contribution in [2.45, 2.75) is 6.42 Å². The second kappa shape index (κ2) is 13.5. The van der Waals surface area contributed by atoms with Crippen molar-refractivity contribution in [3.63, 3.8) is 0 Å². The van der Waals surface area contributed by atoms with Crippen LogP contribution in [0, 0.1) is 0 Å².